The van der Waals surface area contributed by atoms with Crippen LogP contribution in [0.2, 0.25) is 5.02 Å². The quantitative estimate of drug-likeness (QED) is 0.681. The lowest BCUT2D eigenvalue weighted by Crippen LogP contribution is -2.06. The first-order valence-corrected chi connectivity index (χ1v) is 6.15. The minimum Gasteiger partial charge on any atom is -0.492 e. The molecule has 0 aliphatic rings. The molecule has 0 atom stereocenters. The largest absolute Gasteiger partial charge is 0.492 e. The van der Waals surface area contributed by atoms with Crippen molar-refractivity contribution < 1.29 is 9.15 Å². The molecular weight excluding hydrogens is 289 g/mol. The van der Waals surface area contributed by atoms with Crippen molar-refractivity contribution in [1.29, 1.82) is 0 Å². The van der Waals surface area contributed by atoms with Crippen LogP contribution in [0.3, 0.4) is 0 Å². The maximum absolute atomic E-state index is 11.4. The van der Waals surface area contributed by atoms with Crippen LogP contribution in [0.1, 0.15) is 12.8 Å². The zero-order valence-electron chi connectivity index (χ0n) is 10.2. The second-order valence-corrected chi connectivity index (χ2v) is 4.29. The fourth-order valence-electron chi connectivity index (χ4n) is 1.69. The first-order chi connectivity index (χ1) is 8.72. The van der Waals surface area contributed by atoms with Crippen molar-refractivity contribution in [3.8, 4) is 5.75 Å². The molecule has 1 aromatic carbocycles. The SMILES string of the molecule is Cl.NCCCCOc1cc(=O)oc2cccc(Cl)c12. The highest BCUT2D eigenvalue weighted by Crippen LogP contribution is 2.30. The number of unbranched alkanes of at least 4 members (excludes halogenated alkanes) is 1. The number of benzene rings is 1. The number of nitrogens with two attached hydrogens (primary N) is 1. The molecule has 2 N–H and O–H groups in total. The molecule has 0 saturated heterocycles. The standard InChI is InChI=1S/C13H14ClNO3.ClH/c14-9-4-3-5-10-13(9)11(8-12(16)18-10)17-7-2-1-6-15;/h3-5,8H,1-2,6-7,15H2;1H. The van der Waals surface area contributed by atoms with Crippen LogP contribution in [0.25, 0.3) is 11.0 Å². The van der Waals surface area contributed by atoms with Crippen molar-refractivity contribution in [1.82, 2.24) is 0 Å². The van der Waals surface area contributed by atoms with E-state index < -0.39 is 5.63 Å². The van der Waals surface area contributed by atoms with Gasteiger partial charge < -0.3 is 14.9 Å². The molecule has 0 amide bonds. The Morgan fingerprint density at radius 1 is 1.32 bits per heavy atom. The predicted molar refractivity (Wildman–Crippen MR) is 78.5 cm³/mol. The molecule has 0 aliphatic heterocycles. The van der Waals surface area contributed by atoms with E-state index in [9.17, 15) is 4.79 Å². The van der Waals surface area contributed by atoms with E-state index in [1.807, 2.05) is 0 Å². The predicted octanol–water partition coefficient (Wildman–Crippen LogP) is 2.99. The third-order valence-corrected chi connectivity index (χ3v) is 2.85. The second-order valence-electron chi connectivity index (χ2n) is 3.89. The molecule has 0 aliphatic carbocycles. The van der Waals surface area contributed by atoms with Crippen molar-refractivity contribution in [3.63, 3.8) is 0 Å². The van der Waals surface area contributed by atoms with Crippen LogP contribution in [-0.2, 0) is 0 Å². The van der Waals surface area contributed by atoms with E-state index in [1.54, 1.807) is 18.2 Å². The molecular formula is C13H15Cl2NO3. The zero-order chi connectivity index (χ0) is 13.0. The van der Waals surface area contributed by atoms with Crippen molar-refractivity contribution in [2.45, 2.75) is 12.8 Å². The summed E-state index contributed by atoms with van der Waals surface area (Å²) in [6, 6.07) is 6.47. The first kappa shape index (κ1) is 15.8. The Hall–Kier alpha value is -1.23. The molecule has 1 heterocycles. The van der Waals surface area contributed by atoms with Gasteiger partial charge in [0.1, 0.15) is 11.3 Å². The Balaban J connectivity index is 0.00000180. The Bertz CT molecular complexity index is 598. The number of ether oxygens (including phenoxy) is 1. The van der Waals surface area contributed by atoms with Crippen LogP contribution >= 0.6 is 24.0 Å². The normalized spacial score (nSPS) is 10.2. The van der Waals surface area contributed by atoms with E-state index in [1.165, 1.54) is 6.07 Å². The van der Waals surface area contributed by atoms with E-state index in [-0.39, 0.29) is 12.4 Å². The maximum Gasteiger partial charge on any atom is 0.339 e. The maximum atomic E-state index is 11.4. The van der Waals surface area contributed by atoms with Crippen molar-refractivity contribution >= 4 is 35.0 Å². The van der Waals surface area contributed by atoms with Crippen LogP contribution in [0.4, 0.5) is 0 Å². The number of fused-ring (bicyclic) bond motifs is 1. The summed E-state index contributed by atoms with van der Waals surface area (Å²) in [5.74, 6) is 0.462. The van der Waals surface area contributed by atoms with Crippen LogP contribution in [0.15, 0.2) is 33.5 Å². The molecule has 0 radical (unpaired) electrons. The van der Waals surface area contributed by atoms with E-state index >= 15 is 0 Å². The monoisotopic (exact) mass is 303 g/mol. The highest BCUT2D eigenvalue weighted by Gasteiger charge is 2.09. The second kappa shape index (κ2) is 7.38. The lowest BCUT2D eigenvalue weighted by atomic mass is 10.2. The molecule has 0 saturated carbocycles. The van der Waals surface area contributed by atoms with E-state index in [0.29, 0.717) is 34.9 Å². The summed E-state index contributed by atoms with van der Waals surface area (Å²) in [5, 5.41) is 1.14. The van der Waals surface area contributed by atoms with Gasteiger partial charge in [0.2, 0.25) is 0 Å². The van der Waals surface area contributed by atoms with E-state index in [0.717, 1.165) is 12.8 Å². The number of halogens is 2. The Morgan fingerprint density at radius 2 is 2.11 bits per heavy atom. The first-order valence-electron chi connectivity index (χ1n) is 5.77. The summed E-state index contributed by atoms with van der Waals surface area (Å²) in [7, 11) is 0. The summed E-state index contributed by atoms with van der Waals surface area (Å²) in [5.41, 5.74) is 5.39. The number of rotatable bonds is 5. The van der Waals surface area contributed by atoms with Crippen LogP contribution in [0, 0.1) is 0 Å². The summed E-state index contributed by atoms with van der Waals surface area (Å²) in [4.78, 5) is 11.4. The molecule has 0 spiro atoms. The minimum atomic E-state index is -0.446. The Labute approximate surface area is 121 Å². The van der Waals surface area contributed by atoms with Crippen molar-refractivity contribution in [2.75, 3.05) is 13.2 Å². The number of hydrogen-bond donors (Lipinski definition) is 1. The molecule has 2 rings (SSSR count). The van der Waals surface area contributed by atoms with E-state index in [2.05, 4.69) is 0 Å². The smallest absolute Gasteiger partial charge is 0.339 e. The third-order valence-electron chi connectivity index (χ3n) is 2.54. The highest BCUT2D eigenvalue weighted by atomic mass is 35.5. The summed E-state index contributed by atoms with van der Waals surface area (Å²) >= 11 is 6.09. The van der Waals surface area contributed by atoms with Gasteiger partial charge >= 0.3 is 5.63 Å². The van der Waals surface area contributed by atoms with Crippen LogP contribution in [0.5, 0.6) is 5.75 Å². The number of hydrogen-bond acceptors (Lipinski definition) is 4. The fraction of sp³-hybridized carbons (Fsp3) is 0.308. The molecule has 19 heavy (non-hydrogen) atoms. The lowest BCUT2D eigenvalue weighted by Gasteiger charge is -2.08. The average Bonchev–Trinajstić information content (AvgIpc) is 2.34. The van der Waals surface area contributed by atoms with Gasteiger partial charge in [-0.3, -0.25) is 0 Å². The van der Waals surface area contributed by atoms with Crippen molar-refractivity contribution in [2.24, 2.45) is 5.73 Å². The Morgan fingerprint density at radius 3 is 2.84 bits per heavy atom. The average molecular weight is 304 g/mol. The van der Waals surface area contributed by atoms with Crippen LogP contribution in [-0.4, -0.2) is 13.2 Å². The Kier molecular flexibility index (Phi) is 6.15. The molecule has 104 valence electrons. The zero-order valence-corrected chi connectivity index (χ0v) is 11.8. The van der Waals surface area contributed by atoms with Gasteiger partial charge in [0.25, 0.3) is 0 Å². The topological polar surface area (TPSA) is 65.5 Å². The third kappa shape index (κ3) is 3.86. The van der Waals surface area contributed by atoms with Gasteiger partial charge in [-0.2, -0.15) is 0 Å². The fourth-order valence-corrected chi connectivity index (χ4v) is 1.95. The molecule has 0 unspecified atom stereocenters. The van der Waals surface area contributed by atoms with Gasteiger partial charge in [0.05, 0.1) is 23.1 Å². The van der Waals surface area contributed by atoms with Gasteiger partial charge in [-0.05, 0) is 31.5 Å². The van der Waals surface area contributed by atoms with Gasteiger partial charge in [-0.1, -0.05) is 17.7 Å². The van der Waals surface area contributed by atoms with Crippen molar-refractivity contribution in [3.05, 3.63) is 39.7 Å². The molecule has 6 heteroatoms. The summed E-state index contributed by atoms with van der Waals surface area (Å²) < 4.78 is 10.7. The summed E-state index contributed by atoms with van der Waals surface area (Å²) in [6.45, 7) is 1.13. The van der Waals surface area contributed by atoms with Gasteiger partial charge in [0.15, 0.2) is 0 Å². The van der Waals surface area contributed by atoms with Gasteiger partial charge in [-0.15, -0.1) is 12.4 Å². The molecule has 0 fully saturated rings. The van der Waals surface area contributed by atoms with Crippen LogP contribution < -0.4 is 16.1 Å². The molecule has 0 bridgehead atoms. The summed E-state index contributed by atoms with van der Waals surface area (Å²) in [6.07, 6.45) is 1.72. The van der Waals surface area contributed by atoms with Gasteiger partial charge in [0, 0.05) is 0 Å². The molecule has 1 aromatic heterocycles. The highest BCUT2D eigenvalue weighted by molar-refractivity contribution is 6.35. The molecule has 4 nitrogen and oxygen atoms in total. The minimum absolute atomic E-state index is 0. The van der Waals surface area contributed by atoms with E-state index in [4.69, 9.17) is 26.5 Å². The van der Waals surface area contributed by atoms with Gasteiger partial charge in [-0.25, -0.2) is 4.79 Å². The molecule has 2 aromatic rings. The lowest BCUT2D eigenvalue weighted by molar-refractivity contribution is 0.309.